The second kappa shape index (κ2) is 11.2. The fraction of sp³-hybridized carbons (Fsp3) is 0.423. The first-order chi connectivity index (χ1) is 17.9. The molecule has 2 aromatic carbocycles. The standard InChI is InChI=1S/C26H27ClF3N3O5/c1-25(2,3)37-24(34)33-10-11-35-19(14-33)12-16-4-9-21(20(27)13-16)36-15-22-31-23(38-32-22)17-5-7-18(8-6-17)26(28,29)30/h4-9,13,19H,10-12,14-15H2,1-3H3/t19-/m1/s1. The molecule has 1 saturated heterocycles. The van der Waals surface area contributed by atoms with Gasteiger partial charge in [-0.3, -0.25) is 0 Å². The first kappa shape index (κ1) is 27.7. The minimum Gasteiger partial charge on any atom is -0.484 e. The Balaban J connectivity index is 1.32. The van der Waals surface area contributed by atoms with Gasteiger partial charge in [0, 0.05) is 18.5 Å². The summed E-state index contributed by atoms with van der Waals surface area (Å²) in [7, 11) is 0. The zero-order chi connectivity index (χ0) is 27.5. The van der Waals surface area contributed by atoms with Gasteiger partial charge in [-0.05, 0) is 62.7 Å². The molecule has 1 amide bonds. The van der Waals surface area contributed by atoms with Crippen LogP contribution in [0.15, 0.2) is 47.0 Å². The van der Waals surface area contributed by atoms with Crippen LogP contribution in [-0.2, 0) is 28.7 Å². The van der Waals surface area contributed by atoms with E-state index in [1.807, 2.05) is 26.8 Å². The molecule has 12 heteroatoms. The largest absolute Gasteiger partial charge is 0.484 e. The van der Waals surface area contributed by atoms with Crippen molar-refractivity contribution in [3.05, 3.63) is 64.4 Å². The highest BCUT2D eigenvalue weighted by Crippen LogP contribution is 2.31. The number of ether oxygens (including phenoxy) is 3. The molecule has 1 atom stereocenters. The van der Waals surface area contributed by atoms with Crippen molar-refractivity contribution in [2.75, 3.05) is 19.7 Å². The Morgan fingerprint density at radius 1 is 1.16 bits per heavy atom. The lowest BCUT2D eigenvalue weighted by Gasteiger charge is -2.34. The smallest absolute Gasteiger partial charge is 0.416 e. The number of halogens is 4. The molecule has 0 aliphatic carbocycles. The quantitative estimate of drug-likeness (QED) is 0.361. The lowest BCUT2D eigenvalue weighted by atomic mass is 10.1. The summed E-state index contributed by atoms with van der Waals surface area (Å²) in [4.78, 5) is 18.2. The second-order valence-electron chi connectivity index (χ2n) is 9.77. The lowest BCUT2D eigenvalue weighted by Crippen LogP contribution is -2.48. The summed E-state index contributed by atoms with van der Waals surface area (Å²) >= 11 is 6.41. The van der Waals surface area contributed by atoms with E-state index in [0.717, 1.165) is 17.7 Å². The van der Waals surface area contributed by atoms with Gasteiger partial charge in [0.05, 0.1) is 29.8 Å². The van der Waals surface area contributed by atoms with Crippen molar-refractivity contribution in [2.24, 2.45) is 0 Å². The molecule has 2 heterocycles. The van der Waals surface area contributed by atoms with Crippen molar-refractivity contribution in [3.63, 3.8) is 0 Å². The van der Waals surface area contributed by atoms with Gasteiger partial charge in [0.15, 0.2) is 6.61 Å². The maximum absolute atomic E-state index is 12.8. The van der Waals surface area contributed by atoms with Crippen molar-refractivity contribution >= 4 is 17.7 Å². The monoisotopic (exact) mass is 553 g/mol. The lowest BCUT2D eigenvalue weighted by molar-refractivity contribution is -0.137. The normalized spacial score (nSPS) is 16.4. The molecule has 0 radical (unpaired) electrons. The molecule has 4 rings (SSSR count). The van der Waals surface area contributed by atoms with Crippen molar-refractivity contribution in [1.29, 1.82) is 0 Å². The van der Waals surface area contributed by atoms with Crippen LogP contribution in [0.25, 0.3) is 11.5 Å². The first-order valence-electron chi connectivity index (χ1n) is 11.9. The van der Waals surface area contributed by atoms with Crippen LogP contribution >= 0.6 is 11.6 Å². The zero-order valence-electron chi connectivity index (χ0n) is 21.0. The minimum atomic E-state index is -4.43. The molecule has 38 heavy (non-hydrogen) atoms. The molecule has 1 aliphatic heterocycles. The number of rotatable bonds is 6. The fourth-order valence-corrected chi connectivity index (χ4v) is 4.02. The molecule has 1 aliphatic rings. The number of hydrogen-bond acceptors (Lipinski definition) is 7. The first-order valence-corrected chi connectivity index (χ1v) is 12.3. The van der Waals surface area contributed by atoms with Crippen LogP contribution < -0.4 is 4.74 Å². The third-order valence-electron chi connectivity index (χ3n) is 5.53. The molecule has 204 valence electrons. The molecule has 1 aromatic heterocycles. The van der Waals surface area contributed by atoms with Crippen LogP contribution in [0.1, 0.15) is 37.7 Å². The summed E-state index contributed by atoms with van der Waals surface area (Å²) in [6.07, 6.45) is -4.45. The van der Waals surface area contributed by atoms with Crippen molar-refractivity contribution in [2.45, 2.75) is 51.7 Å². The summed E-state index contributed by atoms with van der Waals surface area (Å²) in [5.41, 5.74) is -0.0749. The van der Waals surface area contributed by atoms with Gasteiger partial charge in [-0.25, -0.2) is 4.79 Å². The van der Waals surface area contributed by atoms with Gasteiger partial charge in [0.25, 0.3) is 5.89 Å². The van der Waals surface area contributed by atoms with Crippen LogP contribution in [-0.4, -0.2) is 52.5 Å². The molecule has 1 fully saturated rings. The molecule has 0 unspecified atom stereocenters. The molecular weight excluding hydrogens is 527 g/mol. The van der Waals surface area contributed by atoms with Crippen LogP contribution in [0.3, 0.4) is 0 Å². The number of carbonyl (C=O) groups excluding carboxylic acids is 1. The Hall–Kier alpha value is -3.31. The molecule has 0 saturated carbocycles. The summed E-state index contributed by atoms with van der Waals surface area (Å²) in [6, 6.07) is 9.74. The number of benzene rings is 2. The van der Waals surface area contributed by atoms with Crippen molar-refractivity contribution in [1.82, 2.24) is 15.0 Å². The van der Waals surface area contributed by atoms with E-state index in [4.69, 9.17) is 30.3 Å². The molecule has 0 N–H and O–H groups in total. The molecule has 8 nitrogen and oxygen atoms in total. The van der Waals surface area contributed by atoms with Crippen molar-refractivity contribution in [3.8, 4) is 17.2 Å². The third kappa shape index (κ3) is 7.38. The highest BCUT2D eigenvalue weighted by atomic mass is 35.5. The van der Waals surface area contributed by atoms with Gasteiger partial charge in [-0.1, -0.05) is 22.8 Å². The van der Waals surface area contributed by atoms with E-state index in [2.05, 4.69) is 10.1 Å². The average Bonchev–Trinajstić information content (AvgIpc) is 3.31. The molecule has 0 spiro atoms. The third-order valence-corrected chi connectivity index (χ3v) is 5.83. The number of morpholine rings is 1. The zero-order valence-corrected chi connectivity index (χ0v) is 21.8. The van der Waals surface area contributed by atoms with E-state index < -0.39 is 17.3 Å². The van der Waals surface area contributed by atoms with Gasteiger partial charge in [-0.15, -0.1) is 0 Å². The van der Waals surface area contributed by atoms with Gasteiger partial charge in [0.2, 0.25) is 5.82 Å². The van der Waals surface area contributed by atoms with Crippen LogP contribution in [0.5, 0.6) is 5.75 Å². The van der Waals surface area contributed by atoms with E-state index in [1.165, 1.54) is 12.1 Å². The molecule has 0 bridgehead atoms. The predicted octanol–water partition coefficient (Wildman–Crippen LogP) is 6.17. The fourth-order valence-electron chi connectivity index (χ4n) is 3.76. The molecule has 3 aromatic rings. The van der Waals surface area contributed by atoms with E-state index in [-0.39, 0.29) is 30.5 Å². The Morgan fingerprint density at radius 3 is 2.55 bits per heavy atom. The Labute approximate surface area is 222 Å². The van der Waals surface area contributed by atoms with E-state index in [9.17, 15) is 18.0 Å². The number of amides is 1. The highest BCUT2D eigenvalue weighted by Gasteiger charge is 2.30. The maximum Gasteiger partial charge on any atom is 0.416 e. The Bertz CT molecular complexity index is 1260. The van der Waals surface area contributed by atoms with Gasteiger partial charge in [-0.2, -0.15) is 18.2 Å². The highest BCUT2D eigenvalue weighted by molar-refractivity contribution is 6.32. The van der Waals surface area contributed by atoms with E-state index >= 15 is 0 Å². The van der Waals surface area contributed by atoms with Crippen molar-refractivity contribution < 1.29 is 36.7 Å². The van der Waals surface area contributed by atoms with Gasteiger partial charge in [0.1, 0.15) is 11.4 Å². The Morgan fingerprint density at radius 2 is 1.89 bits per heavy atom. The Kier molecular flexibility index (Phi) is 8.17. The number of nitrogens with zero attached hydrogens (tertiary/aromatic N) is 3. The van der Waals surface area contributed by atoms with Gasteiger partial charge >= 0.3 is 12.3 Å². The minimum absolute atomic E-state index is 0.0558. The number of hydrogen-bond donors (Lipinski definition) is 0. The summed E-state index contributed by atoms with van der Waals surface area (Å²) in [5.74, 6) is 0.681. The van der Waals surface area contributed by atoms with Crippen LogP contribution in [0.2, 0.25) is 5.02 Å². The van der Waals surface area contributed by atoms with Gasteiger partial charge < -0.3 is 23.6 Å². The number of aromatic nitrogens is 2. The SMILES string of the molecule is CC(C)(C)OC(=O)N1CCO[C@H](Cc2ccc(OCc3noc(-c4ccc(C(F)(F)F)cc4)n3)c(Cl)c2)C1. The summed E-state index contributed by atoms with van der Waals surface area (Å²) in [6.45, 7) is 6.71. The average molecular weight is 554 g/mol. The molecular formula is C26H27ClF3N3O5. The summed E-state index contributed by atoms with van der Waals surface area (Å²) < 4.78 is 60.4. The number of carbonyl (C=O) groups is 1. The topological polar surface area (TPSA) is 86.9 Å². The predicted molar refractivity (Wildman–Crippen MR) is 132 cm³/mol. The maximum atomic E-state index is 12.8. The van der Waals surface area contributed by atoms with Crippen LogP contribution in [0.4, 0.5) is 18.0 Å². The second-order valence-corrected chi connectivity index (χ2v) is 10.2. The number of alkyl halides is 3. The van der Waals surface area contributed by atoms with Crippen LogP contribution in [0, 0.1) is 0 Å². The van der Waals surface area contributed by atoms with E-state index in [0.29, 0.717) is 42.5 Å². The van der Waals surface area contributed by atoms with E-state index in [1.54, 1.807) is 17.0 Å². The summed E-state index contributed by atoms with van der Waals surface area (Å²) in [5, 5.41) is 4.18.